The number of piperidine rings is 1. The quantitative estimate of drug-likeness (QED) is 0.566. The SMILES string of the molecule is CCn1c(=NC(=O)c2ccc(S(=O)(=O)N3C[C@@H](C)C[C@H](C)C3)cc2)sc2cc(F)ccc21. The van der Waals surface area contributed by atoms with Crippen LogP contribution in [0.1, 0.15) is 37.6 Å². The van der Waals surface area contributed by atoms with Crippen LogP contribution in [0.4, 0.5) is 4.39 Å². The molecule has 1 saturated heterocycles. The highest BCUT2D eigenvalue weighted by Gasteiger charge is 2.31. The van der Waals surface area contributed by atoms with Crippen molar-refractivity contribution in [3.63, 3.8) is 0 Å². The molecule has 0 spiro atoms. The van der Waals surface area contributed by atoms with Crippen LogP contribution in [-0.4, -0.2) is 36.3 Å². The average Bonchev–Trinajstić information content (AvgIpc) is 3.08. The molecule has 0 unspecified atom stereocenters. The lowest BCUT2D eigenvalue weighted by Crippen LogP contribution is -2.42. The Hall–Kier alpha value is -2.36. The van der Waals surface area contributed by atoms with Gasteiger partial charge in [0, 0.05) is 25.2 Å². The average molecular weight is 476 g/mol. The Balaban J connectivity index is 1.62. The summed E-state index contributed by atoms with van der Waals surface area (Å²) in [7, 11) is -3.61. The van der Waals surface area contributed by atoms with Crippen LogP contribution in [0.2, 0.25) is 0 Å². The number of amides is 1. The predicted octanol–water partition coefficient (Wildman–Crippen LogP) is 4.27. The van der Waals surface area contributed by atoms with Crippen LogP contribution >= 0.6 is 11.3 Å². The van der Waals surface area contributed by atoms with Gasteiger partial charge < -0.3 is 4.57 Å². The van der Waals surface area contributed by atoms with Gasteiger partial charge in [0.1, 0.15) is 5.82 Å². The number of aryl methyl sites for hydroxylation is 1. The second kappa shape index (κ2) is 8.88. The first-order chi connectivity index (χ1) is 15.2. The number of halogens is 1. The van der Waals surface area contributed by atoms with Gasteiger partial charge in [-0.05, 0) is 67.6 Å². The molecule has 2 heterocycles. The number of hydrogen-bond donors (Lipinski definition) is 0. The number of carbonyl (C=O) groups is 1. The Morgan fingerprint density at radius 2 is 1.78 bits per heavy atom. The van der Waals surface area contributed by atoms with Crippen molar-refractivity contribution in [2.75, 3.05) is 13.1 Å². The maximum atomic E-state index is 13.6. The third-order valence-electron chi connectivity index (χ3n) is 5.73. The molecule has 0 saturated carbocycles. The van der Waals surface area contributed by atoms with Crippen molar-refractivity contribution in [1.82, 2.24) is 8.87 Å². The van der Waals surface area contributed by atoms with E-state index in [1.165, 1.54) is 52.0 Å². The van der Waals surface area contributed by atoms with Crippen molar-refractivity contribution in [1.29, 1.82) is 0 Å². The summed E-state index contributed by atoms with van der Waals surface area (Å²) in [5.41, 5.74) is 1.12. The fourth-order valence-corrected chi connectivity index (χ4v) is 7.11. The molecule has 4 rings (SSSR count). The van der Waals surface area contributed by atoms with Gasteiger partial charge in [0.15, 0.2) is 4.80 Å². The zero-order valence-corrected chi connectivity index (χ0v) is 19.9. The zero-order chi connectivity index (χ0) is 23.0. The van der Waals surface area contributed by atoms with Crippen LogP contribution < -0.4 is 4.80 Å². The van der Waals surface area contributed by atoms with Crippen molar-refractivity contribution in [2.24, 2.45) is 16.8 Å². The molecule has 3 aromatic rings. The predicted molar refractivity (Wildman–Crippen MR) is 123 cm³/mol. The number of thiazole rings is 1. The lowest BCUT2D eigenvalue weighted by atomic mass is 9.94. The summed E-state index contributed by atoms with van der Waals surface area (Å²) in [5, 5.41) is 0. The van der Waals surface area contributed by atoms with Crippen molar-refractivity contribution in [2.45, 2.75) is 38.6 Å². The van der Waals surface area contributed by atoms with Crippen molar-refractivity contribution in [3.8, 4) is 0 Å². The van der Waals surface area contributed by atoms with Gasteiger partial charge in [0.25, 0.3) is 5.91 Å². The van der Waals surface area contributed by atoms with Crippen LogP contribution in [0, 0.1) is 17.7 Å². The first-order valence-corrected chi connectivity index (χ1v) is 12.9. The van der Waals surface area contributed by atoms with Gasteiger partial charge in [-0.1, -0.05) is 25.2 Å². The summed E-state index contributed by atoms with van der Waals surface area (Å²) >= 11 is 1.25. The largest absolute Gasteiger partial charge is 0.317 e. The van der Waals surface area contributed by atoms with Gasteiger partial charge in [-0.25, -0.2) is 12.8 Å². The molecular formula is C23H26FN3O3S2. The molecule has 1 amide bonds. The second-order valence-electron chi connectivity index (χ2n) is 8.45. The fraction of sp³-hybridized carbons (Fsp3) is 0.391. The number of aromatic nitrogens is 1. The first kappa shape index (κ1) is 22.8. The normalized spacial score (nSPS) is 20.7. The molecule has 1 fully saturated rings. The molecule has 0 bridgehead atoms. The Labute approximate surface area is 191 Å². The molecule has 1 aliphatic heterocycles. The molecule has 170 valence electrons. The van der Waals surface area contributed by atoms with Crippen LogP contribution in [0.25, 0.3) is 10.2 Å². The lowest BCUT2D eigenvalue weighted by molar-refractivity contribution is 0.0997. The molecular weight excluding hydrogens is 449 g/mol. The summed E-state index contributed by atoms with van der Waals surface area (Å²) in [4.78, 5) is 17.7. The minimum Gasteiger partial charge on any atom is -0.317 e. The van der Waals surface area contributed by atoms with E-state index in [2.05, 4.69) is 18.8 Å². The summed E-state index contributed by atoms with van der Waals surface area (Å²) in [6.45, 7) is 7.65. The van der Waals surface area contributed by atoms with Gasteiger partial charge in [-0.15, -0.1) is 0 Å². The number of benzene rings is 2. The summed E-state index contributed by atoms with van der Waals surface area (Å²) in [6.07, 6.45) is 1.02. The summed E-state index contributed by atoms with van der Waals surface area (Å²) < 4.78 is 43.8. The van der Waals surface area contributed by atoms with E-state index in [-0.39, 0.29) is 10.7 Å². The minimum absolute atomic E-state index is 0.177. The van der Waals surface area contributed by atoms with E-state index in [0.717, 1.165) is 11.9 Å². The van der Waals surface area contributed by atoms with Crippen LogP contribution in [-0.2, 0) is 16.6 Å². The minimum atomic E-state index is -3.61. The number of carbonyl (C=O) groups excluding carboxylic acids is 1. The van der Waals surface area contributed by atoms with E-state index in [4.69, 9.17) is 0 Å². The Kier molecular flexibility index (Phi) is 6.33. The molecule has 32 heavy (non-hydrogen) atoms. The van der Waals surface area contributed by atoms with Crippen LogP contribution in [0.5, 0.6) is 0 Å². The molecule has 9 heteroatoms. The van der Waals surface area contributed by atoms with Gasteiger partial charge in [0.05, 0.1) is 15.1 Å². The van der Waals surface area contributed by atoms with Crippen LogP contribution in [0.15, 0.2) is 52.4 Å². The molecule has 1 aliphatic rings. The topological polar surface area (TPSA) is 71.7 Å². The maximum absolute atomic E-state index is 13.6. The van der Waals surface area contributed by atoms with E-state index >= 15 is 0 Å². The van der Waals surface area contributed by atoms with Crippen molar-refractivity contribution < 1.29 is 17.6 Å². The number of nitrogens with zero attached hydrogens (tertiary/aromatic N) is 3. The maximum Gasteiger partial charge on any atom is 0.279 e. The van der Waals surface area contributed by atoms with Crippen molar-refractivity contribution >= 4 is 37.5 Å². The Bertz CT molecular complexity index is 1320. The molecule has 0 radical (unpaired) electrons. The molecule has 6 nitrogen and oxygen atoms in total. The summed E-state index contributed by atoms with van der Waals surface area (Å²) in [6, 6.07) is 10.4. The van der Waals surface area contributed by atoms with Crippen molar-refractivity contribution in [3.05, 3.63) is 58.6 Å². The Morgan fingerprint density at radius 3 is 2.41 bits per heavy atom. The van der Waals surface area contributed by atoms with E-state index in [1.54, 1.807) is 6.07 Å². The lowest BCUT2D eigenvalue weighted by Gasteiger charge is -2.34. The highest BCUT2D eigenvalue weighted by Crippen LogP contribution is 2.27. The molecule has 1 aromatic heterocycles. The molecule has 2 atom stereocenters. The van der Waals surface area contributed by atoms with Gasteiger partial charge in [0.2, 0.25) is 10.0 Å². The second-order valence-corrected chi connectivity index (χ2v) is 11.4. The van der Waals surface area contributed by atoms with Crippen LogP contribution in [0.3, 0.4) is 0 Å². The molecule has 2 aromatic carbocycles. The smallest absolute Gasteiger partial charge is 0.279 e. The zero-order valence-electron chi connectivity index (χ0n) is 18.3. The van der Waals surface area contributed by atoms with E-state index in [1.807, 2.05) is 11.5 Å². The third-order valence-corrected chi connectivity index (χ3v) is 8.62. The highest BCUT2D eigenvalue weighted by molar-refractivity contribution is 7.89. The first-order valence-electron chi connectivity index (χ1n) is 10.7. The number of hydrogen-bond acceptors (Lipinski definition) is 4. The molecule has 0 N–H and O–H groups in total. The highest BCUT2D eigenvalue weighted by atomic mass is 32.2. The van der Waals surface area contributed by atoms with E-state index in [9.17, 15) is 17.6 Å². The molecule has 0 aliphatic carbocycles. The van der Waals surface area contributed by atoms with Gasteiger partial charge in [-0.2, -0.15) is 9.30 Å². The van der Waals surface area contributed by atoms with Gasteiger partial charge >= 0.3 is 0 Å². The van der Waals surface area contributed by atoms with Gasteiger partial charge in [-0.3, -0.25) is 4.79 Å². The third kappa shape index (κ3) is 4.42. The number of fused-ring (bicyclic) bond motifs is 1. The monoisotopic (exact) mass is 475 g/mol. The fourth-order valence-electron chi connectivity index (χ4n) is 4.31. The Morgan fingerprint density at radius 1 is 1.12 bits per heavy atom. The number of rotatable bonds is 4. The number of sulfonamides is 1. The summed E-state index contributed by atoms with van der Waals surface area (Å²) in [5.74, 6) is -0.181. The standard InChI is InChI=1S/C23H26FN3O3S2/c1-4-27-20-10-7-18(24)12-21(20)31-23(27)25-22(28)17-5-8-19(9-6-17)32(29,30)26-13-15(2)11-16(3)14-26/h5-10,12,15-16H,4,11,13-14H2,1-3H3/t15-,16-/m0/s1. The van der Waals surface area contributed by atoms with E-state index < -0.39 is 15.9 Å². The van der Waals surface area contributed by atoms with E-state index in [0.29, 0.717) is 46.5 Å².